The third-order valence-corrected chi connectivity index (χ3v) is 2.71. The molecule has 0 unspecified atom stereocenters. The van der Waals surface area contributed by atoms with Gasteiger partial charge in [-0.2, -0.15) is 0 Å². The summed E-state index contributed by atoms with van der Waals surface area (Å²) in [6.45, 7) is 9.36. The highest BCUT2D eigenvalue weighted by Gasteiger charge is 2.06. The Kier molecular flexibility index (Phi) is 4.63. The second-order valence-electron chi connectivity index (χ2n) is 4.01. The molecule has 2 nitrogen and oxygen atoms in total. The molecule has 0 radical (unpaired) electrons. The van der Waals surface area contributed by atoms with Crippen LogP contribution in [0.5, 0.6) is 0 Å². The van der Waals surface area contributed by atoms with E-state index in [-0.39, 0.29) is 0 Å². The summed E-state index contributed by atoms with van der Waals surface area (Å²) in [5.41, 5.74) is 9.57. The van der Waals surface area contributed by atoms with Gasteiger partial charge in [0.25, 0.3) is 0 Å². The van der Waals surface area contributed by atoms with Crippen molar-refractivity contribution in [3.05, 3.63) is 29.3 Å². The third-order valence-electron chi connectivity index (χ3n) is 2.71. The molecule has 1 rings (SSSR count). The van der Waals surface area contributed by atoms with Crippen LogP contribution in [0.4, 0.5) is 5.69 Å². The van der Waals surface area contributed by atoms with E-state index in [1.165, 1.54) is 16.8 Å². The van der Waals surface area contributed by atoms with Gasteiger partial charge >= 0.3 is 0 Å². The van der Waals surface area contributed by atoms with Crippen LogP contribution in [0.3, 0.4) is 0 Å². The van der Waals surface area contributed by atoms with Gasteiger partial charge in [-0.05, 0) is 45.4 Å². The summed E-state index contributed by atoms with van der Waals surface area (Å²) in [6, 6.07) is 6.62. The summed E-state index contributed by atoms with van der Waals surface area (Å²) in [5, 5.41) is 0. The molecule has 0 aliphatic rings. The van der Waals surface area contributed by atoms with Gasteiger partial charge in [0.15, 0.2) is 0 Å². The minimum absolute atomic E-state index is 0.765. The van der Waals surface area contributed by atoms with Crippen LogP contribution in [0.1, 0.15) is 24.5 Å². The van der Waals surface area contributed by atoms with E-state index in [0.29, 0.717) is 0 Å². The van der Waals surface area contributed by atoms with Crippen molar-refractivity contribution in [1.29, 1.82) is 0 Å². The summed E-state index contributed by atoms with van der Waals surface area (Å²) < 4.78 is 0. The lowest BCUT2D eigenvalue weighted by Crippen LogP contribution is -2.26. The number of nitrogens with zero attached hydrogens (tertiary/aromatic N) is 1. The lowest BCUT2D eigenvalue weighted by molar-refractivity contribution is 0.752. The third kappa shape index (κ3) is 3.24. The molecule has 0 amide bonds. The quantitative estimate of drug-likeness (QED) is 0.802. The molecule has 0 saturated carbocycles. The van der Waals surface area contributed by atoms with Gasteiger partial charge in [0, 0.05) is 18.8 Å². The topological polar surface area (TPSA) is 29.3 Å². The van der Waals surface area contributed by atoms with Crippen LogP contribution in [0, 0.1) is 13.8 Å². The Morgan fingerprint density at radius 1 is 1.27 bits per heavy atom. The van der Waals surface area contributed by atoms with Crippen molar-refractivity contribution in [2.75, 3.05) is 24.5 Å². The van der Waals surface area contributed by atoms with E-state index in [2.05, 4.69) is 43.9 Å². The van der Waals surface area contributed by atoms with Crippen molar-refractivity contribution in [1.82, 2.24) is 0 Å². The normalized spacial score (nSPS) is 10.4. The molecule has 84 valence electrons. The summed E-state index contributed by atoms with van der Waals surface area (Å²) in [4.78, 5) is 2.39. The van der Waals surface area contributed by atoms with E-state index in [1.807, 2.05) is 0 Å². The second-order valence-corrected chi connectivity index (χ2v) is 4.01. The van der Waals surface area contributed by atoms with Crippen molar-refractivity contribution < 1.29 is 0 Å². The Bertz CT molecular complexity index is 307. The molecule has 0 saturated heterocycles. The summed E-state index contributed by atoms with van der Waals surface area (Å²) in [5.74, 6) is 0. The first-order valence-electron chi connectivity index (χ1n) is 5.71. The standard InChI is InChI=1S/C13H22N2/c1-4-15(9-5-8-14)13-7-6-11(2)10-12(13)3/h6-7,10H,4-5,8-9,14H2,1-3H3. The lowest BCUT2D eigenvalue weighted by atomic mass is 10.1. The molecule has 0 bridgehead atoms. The monoisotopic (exact) mass is 206 g/mol. The van der Waals surface area contributed by atoms with Crippen LogP contribution in [-0.4, -0.2) is 19.6 Å². The van der Waals surface area contributed by atoms with Gasteiger partial charge in [0.1, 0.15) is 0 Å². The first-order chi connectivity index (χ1) is 7.19. The number of rotatable bonds is 5. The highest BCUT2D eigenvalue weighted by molar-refractivity contribution is 5.54. The fourth-order valence-electron chi connectivity index (χ4n) is 1.89. The Morgan fingerprint density at radius 3 is 2.53 bits per heavy atom. The van der Waals surface area contributed by atoms with Crippen LogP contribution in [0.2, 0.25) is 0 Å². The van der Waals surface area contributed by atoms with E-state index in [0.717, 1.165) is 26.1 Å². The first kappa shape index (κ1) is 12.1. The molecule has 0 fully saturated rings. The van der Waals surface area contributed by atoms with Gasteiger partial charge < -0.3 is 10.6 Å². The molecule has 1 aromatic carbocycles. The number of aryl methyl sites for hydroxylation is 2. The van der Waals surface area contributed by atoms with E-state index in [4.69, 9.17) is 5.73 Å². The fraction of sp³-hybridized carbons (Fsp3) is 0.538. The minimum Gasteiger partial charge on any atom is -0.372 e. The Hall–Kier alpha value is -1.02. The highest BCUT2D eigenvalue weighted by atomic mass is 15.1. The zero-order chi connectivity index (χ0) is 11.3. The maximum atomic E-state index is 5.55. The molecule has 2 heteroatoms. The largest absolute Gasteiger partial charge is 0.372 e. The molecule has 0 aromatic heterocycles. The number of nitrogens with two attached hydrogens (primary N) is 1. The first-order valence-corrected chi connectivity index (χ1v) is 5.71. The van der Waals surface area contributed by atoms with Crippen LogP contribution in [0.15, 0.2) is 18.2 Å². The van der Waals surface area contributed by atoms with Crippen LogP contribution < -0.4 is 10.6 Å². The molecule has 15 heavy (non-hydrogen) atoms. The number of anilines is 1. The summed E-state index contributed by atoms with van der Waals surface area (Å²) in [7, 11) is 0. The minimum atomic E-state index is 0.765. The summed E-state index contributed by atoms with van der Waals surface area (Å²) in [6.07, 6.45) is 1.06. The SMILES string of the molecule is CCN(CCCN)c1ccc(C)cc1C. The number of hydrogen-bond acceptors (Lipinski definition) is 2. The molecular formula is C13H22N2. The average molecular weight is 206 g/mol. The Morgan fingerprint density at radius 2 is 2.00 bits per heavy atom. The van der Waals surface area contributed by atoms with Crippen molar-refractivity contribution >= 4 is 5.69 Å². The molecule has 0 heterocycles. The van der Waals surface area contributed by atoms with Gasteiger partial charge in [-0.15, -0.1) is 0 Å². The molecular weight excluding hydrogens is 184 g/mol. The van der Waals surface area contributed by atoms with Crippen molar-refractivity contribution in [2.45, 2.75) is 27.2 Å². The van der Waals surface area contributed by atoms with Gasteiger partial charge in [0.05, 0.1) is 0 Å². The predicted molar refractivity (Wildman–Crippen MR) is 67.5 cm³/mol. The van der Waals surface area contributed by atoms with Gasteiger partial charge in [-0.25, -0.2) is 0 Å². The molecule has 0 aliphatic carbocycles. The van der Waals surface area contributed by atoms with E-state index in [1.54, 1.807) is 0 Å². The summed E-state index contributed by atoms with van der Waals surface area (Å²) >= 11 is 0. The maximum absolute atomic E-state index is 5.55. The zero-order valence-electron chi connectivity index (χ0n) is 10.1. The second kappa shape index (κ2) is 5.76. The van der Waals surface area contributed by atoms with Crippen molar-refractivity contribution in [3.8, 4) is 0 Å². The predicted octanol–water partition coefficient (Wildman–Crippen LogP) is 2.48. The molecule has 0 aliphatic heterocycles. The van der Waals surface area contributed by atoms with Crippen LogP contribution in [-0.2, 0) is 0 Å². The van der Waals surface area contributed by atoms with Crippen molar-refractivity contribution in [2.24, 2.45) is 5.73 Å². The fourth-order valence-corrected chi connectivity index (χ4v) is 1.89. The van der Waals surface area contributed by atoms with Gasteiger partial charge in [-0.1, -0.05) is 17.7 Å². The van der Waals surface area contributed by atoms with Gasteiger partial charge in [0.2, 0.25) is 0 Å². The van der Waals surface area contributed by atoms with E-state index < -0.39 is 0 Å². The van der Waals surface area contributed by atoms with E-state index >= 15 is 0 Å². The van der Waals surface area contributed by atoms with Crippen LogP contribution >= 0.6 is 0 Å². The lowest BCUT2D eigenvalue weighted by Gasteiger charge is -2.25. The smallest absolute Gasteiger partial charge is 0.0396 e. The molecule has 2 N–H and O–H groups in total. The molecule has 1 aromatic rings. The average Bonchev–Trinajstić information content (AvgIpc) is 2.21. The van der Waals surface area contributed by atoms with Crippen LogP contribution in [0.25, 0.3) is 0 Å². The zero-order valence-corrected chi connectivity index (χ0v) is 10.1. The number of benzene rings is 1. The molecule has 0 atom stereocenters. The molecule has 0 spiro atoms. The van der Waals surface area contributed by atoms with Crippen molar-refractivity contribution in [3.63, 3.8) is 0 Å². The number of hydrogen-bond donors (Lipinski definition) is 1. The van der Waals surface area contributed by atoms with Gasteiger partial charge in [-0.3, -0.25) is 0 Å². The Labute approximate surface area is 93.1 Å². The maximum Gasteiger partial charge on any atom is 0.0396 e. The van der Waals surface area contributed by atoms with E-state index in [9.17, 15) is 0 Å². The Balaban J connectivity index is 2.81. The highest BCUT2D eigenvalue weighted by Crippen LogP contribution is 2.20.